The fraction of sp³-hybridized carbons (Fsp3) is 0.474. The second kappa shape index (κ2) is 6.35. The van der Waals surface area contributed by atoms with Crippen LogP contribution in [0, 0.1) is 24.6 Å². The van der Waals surface area contributed by atoms with Crippen LogP contribution in [0.3, 0.4) is 0 Å². The summed E-state index contributed by atoms with van der Waals surface area (Å²) in [5.74, 6) is -0.0858. The Morgan fingerprint density at radius 2 is 2.28 bits per heavy atom. The fourth-order valence-electron chi connectivity index (χ4n) is 4.18. The lowest BCUT2D eigenvalue weighted by Crippen LogP contribution is -2.62. The van der Waals surface area contributed by atoms with Crippen molar-refractivity contribution in [3.63, 3.8) is 0 Å². The van der Waals surface area contributed by atoms with Gasteiger partial charge >= 0.3 is 0 Å². The van der Waals surface area contributed by atoms with E-state index in [0.29, 0.717) is 29.0 Å². The Bertz CT molecular complexity index is 826. The van der Waals surface area contributed by atoms with E-state index in [0.717, 1.165) is 18.7 Å². The summed E-state index contributed by atoms with van der Waals surface area (Å²) in [5.41, 5.74) is 1.81. The van der Waals surface area contributed by atoms with Gasteiger partial charge < -0.3 is 14.8 Å². The highest BCUT2D eigenvalue weighted by Gasteiger charge is 2.54. The number of aryl methyl sites for hydroxylation is 1. The first-order chi connectivity index (χ1) is 12.1. The summed E-state index contributed by atoms with van der Waals surface area (Å²) in [6, 6.07) is 6.07. The van der Waals surface area contributed by atoms with Gasteiger partial charge in [-0.2, -0.15) is 0 Å². The molecular weight excluding hydrogens is 323 g/mol. The van der Waals surface area contributed by atoms with Gasteiger partial charge in [0.05, 0.1) is 23.8 Å². The molecule has 4 rings (SSSR count). The Hall–Kier alpha value is -2.05. The number of rotatable bonds is 4. The Morgan fingerprint density at radius 3 is 3.08 bits per heavy atom. The van der Waals surface area contributed by atoms with E-state index in [1.807, 2.05) is 6.92 Å². The van der Waals surface area contributed by atoms with Crippen molar-refractivity contribution in [3.05, 3.63) is 41.3 Å². The molecule has 2 aromatic rings. The Morgan fingerprint density at radius 1 is 1.44 bits per heavy atom. The summed E-state index contributed by atoms with van der Waals surface area (Å²) < 4.78 is 24.7. The molecular formula is C19H21FN2O3. The van der Waals surface area contributed by atoms with Crippen LogP contribution in [-0.4, -0.2) is 43.4 Å². The van der Waals surface area contributed by atoms with Crippen LogP contribution >= 0.6 is 0 Å². The molecule has 5 nitrogen and oxygen atoms in total. The molecule has 2 aliphatic rings. The molecule has 1 saturated carbocycles. The molecule has 0 bridgehead atoms. The molecule has 1 amide bonds. The van der Waals surface area contributed by atoms with Gasteiger partial charge in [0.15, 0.2) is 0 Å². The molecule has 1 aromatic heterocycles. The zero-order valence-electron chi connectivity index (χ0n) is 14.3. The van der Waals surface area contributed by atoms with Crippen molar-refractivity contribution in [3.8, 4) is 0 Å². The molecule has 25 heavy (non-hydrogen) atoms. The zero-order valence-corrected chi connectivity index (χ0v) is 14.3. The van der Waals surface area contributed by atoms with Crippen LogP contribution in [0.15, 0.2) is 24.3 Å². The lowest BCUT2D eigenvalue weighted by molar-refractivity contribution is -0.0809. The molecule has 1 aromatic carbocycles. The fourth-order valence-corrected chi connectivity index (χ4v) is 4.18. The number of methoxy groups -OCH3 is 1. The number of nitrogens with zero attached hydrogens (tertiary/aromatic N) is 1. The van der Waals surface area contributed by atoms with Crippen molar-refractivity contribution in [1.82, 2.24) is 10.3 Å². The second-order valence-corrected chi connectivity index (χ2v) is 6.88. The first-order valence-electron chi connectivity index (χ1n) is 8.57. The van der Waals surface area contributed by atoms with E-state index in [1.54, 1.807) is 19.2 Å². The van der Waals surface area contributed by atoms with Crippen molar-refractivity contribution in [2.75, 3.05) is 20.3 Å². The minimum Gasteiger partial charge on any atom is -0.384 e. The van der Waals surface area contributed by atoms with Crippen LogP contribution in [0.25, 0.3) is 10.9 Å². The maximum absolute atomic E-state index is 13.7. The van der Waals surface area contributed by atoms with E-state index in [1.165, 1.54) is 12.1 Å². The van der Waals surface area contributed by atoms with E-state index in [9.17, 15) is 9.18 Å². The molecule has 0 radical (unpaired) electrons. The summed E-state index contributed by atoms with van der Waals surface area (Å²) in [5, 5.41) is 3.66. The van der Waals surface area contributed by atoms with Gasteiger partial charge in [0.1, 0.15) is 5.82 Å². The standard InChI is InChI=1S/C19H21FN2O3/c1-10-7-14(13-8-11(20)3-4-16(13)21-10)19(23)22-17-12-5-6-25-18(12)15(17)9-24-2/h3-4,7-8,12,15,17-18H,5-6,9H2,1-2H3,(H,22,23)/t12-,15-,17-,18-/m0/s1. The summed E-state index contributed by atoms with van der Waals surface area (Å²) in [6.07, 6.45) is 1.11. The molecule has 2 fully saturated rings. The number of ether oxygens (including phenoxy) is 2. The van der Waals surface area contributed by atoms with Crippen molar-refractivity contribution >= 4 is 16.8 Å². The molecule has 132 valence electrons. The van der Waals surface area contributed by atoms with Crippen LogP contribution < -0.4 is 5.32 Å². The van der Waals surface area contributed by atoms with Gasteiger partial charge in [0.2, 0.25) is 0 Å². The minimum atomic E-state index is -0.377. The SMILES string of the molecule is COC[C@H]1[C@@H](NC(=O)c2cc(C)nc3ccc(F)cc23)[C@@H]2CCO[C@@H]21. The van der Waals surface area contributed by atoms with E-state index < -0.39 is 0 Å². The maximum Gasteiger partial charge on any atom is 0.252 e. The number of aromatic nitrogens is 1. The lowest BCUT2D eigenvalue weighted by Gasteiger charge is -2.47. The monoisotopic (exact) mass is 344 g/mol. The highest BCUT2D eigenvalue weighted by molar-refractivity contribution is 6.06. The van der Waals surface area contributed by atoms with Gasteiger partial charge in [-0.25, -0.2) is 4.39 Å². The Kier molecular flexibility index (Phi) is 4.17. The van der Waals surface area contributed by atoms with Crippen LogP contribution in [0.4, 0.5) is 4.39 Å². The number of hydrogen-bond donors (Lipinski definition) is 1. The third kappa shape index (κ3) is 2.79. The van der Waals surface area contributed by atoms with Crippen LogP contribution in [0.5, 0.6) is 0 Å². The number of halogens is 1. The molecule has 1 aliphatic carbocycles. The smallest absolute Gasteiger partial charge is 0.252 e. The third-order valence-electron chi connectivity index (χ3n) is 5.33. The largest absolute Gasteiger partial charge is 0.384 e. The van der Waals surface area contributed by atoms with Crippen LogP contribution in [-0.2, 0) is 9.47 Å². The van der Waals surface area contributed by atoms with Gasteiger partial charge in [0.25, 0.3) is 5.91 Å². The summed E-state index contributed by atoms with van der Waals surface area (Å²) >= 11 is 0. The number of amides is 1. The number of hydrogen-bond acceptors (Lipinski definition) is 4. The molecule has 6 heteroatoms. The van der Waals surface area contributed by atoms with Gasteiger partial charge in [-0.1, -0.05) is 0 Å². The van der Waals surface area contributed by atoms with E-state index in [4.69, 9.17) is 9.47 Å². The van der Waals surface area contributed by atoms with E-state index >= 15 is 0 Å². The molecule has 1 saturated heterocycles. The average Bonchev–Trinajstić information content (AvgIpc) is 3.01. The number of carbonyl (C=O) groups excluding carboxylic acids is 1. The number of nitrogens with one attached hydrogen (secondary N) is 1. The maximum atomic E-state index is 13.7. The quantitative estimate of drug-likeness (QED) is 0.926. The number of fused-ring (bicyclic) bond motifs is 2. The average molecular weight is 344 g/mol. The number of pyridine rings is 1. The molecule has 4 atom stereocenters. The Labute approximate surface area is 145 Å². The molecule has 1 aliphatic heterocycles. The van der Waals surface area contributed by atoms with Crippen molar-refractivity contribution in [2.24, 2.45) is 11.8 Å². The van der Waals surface area contributed by atoms with Crippen LogP contribution in [0.2, 0.25) is 0 Å². The first kappa shape index (κ1) is 16.4. The lowest BCUT2D eigenvalue weighted by atomic mass is 9.67. The highest BCUT2D eigenvalue weighted by Crippen LogP contribution is 2.43. The van der Waals surface area contributed by atoms with E-state index in [2.05, 4.69) is 10.3 Å². The number of benzene rings is 1. The third-order valence-corrected chi connectivity index (χ3v) is 5.33. The zero-order chi connectivity index (χ0) is 17.6. The minimum absolute atomic E-state index is 0.0250. The van der Waals surface area contributed by atoms with E-state index in [-0.39, 0.29) is 29.8 Å². The number of carbonyl (C=O) groups is 1. The Balaban J connectivity index is 1.63. The second-order valence-electron chi connectivity index (χ2n) is 6.88. The molecule has 1 N–H and O–H groups in total. The first-order valence-corrected chi connectivity index (χ1v) is 8.57. The van der Waals surface area contributed by atoms with Crippen LogP contribution in [0.1, 0.15) is 22.5 Å². The summed E-state index contributed by atoms with van der Waals surface area (Å²) in [4.78, 5) is 17.3. The summed E-state index contributed by atoms with van der Waals surface area (Å²) in [7, 11) is 1.66. The van der Waals surface area contributed by atoms with Crippen molar-refractivity contribution < 1.29 is 18.7 Å². The predicted octanol–water partition coefficient (Wildman–Crippen LogP) is 2.46. The normalized spacial score (nSPS) is 27.8. The van der Waals surface area contributed by atoms with Gasteiger partial charge in [0, 0.05) is 42.7 Å². The molecule has 0 spiro atoms. The summed E-state index contributed by atoms with van der Waals surface area (Å²) in [6.45, 7) is 3.11. The predicted molar refractivity (Wildman–Crippen MR) is 90.9 cm³/mol. The van der Waals surface area contributed by atoms with Gasteiger partial charge in [-0.15, -0.1) is 0 Å². The van der Waals surface area contributed by atoms with Gasteiger partial charge in [-0.05, 0) is 37.6 Å². The highest BCUT2D eigenvalue weighted by atomic mass is 19.1. The van der Waals surface area contributed by atoms with Crippen molar-refractivity contribution in [2.45, 2.75) is 25.5 Å². The topological polar surface area (TPSA) is 60.5 Å². The van der Waals surface area contributed by atoms with Crippen molar-refractivity contribution in [1.29, 1.82) is 0 Å². The van der Waals surface area contributed by atoms with Gasteiger partial charge in [-0.3, -0.25) is 9.78 Å². The molecule has 0 unspecified atom stereocenters. The molecule has 2 heterocycles.